The number of sulfonamides is 1. The third kappa shape index (κ3) is 7.98. The molecule has 4 aromatic rings. The fraction of sp³-hybridized carbons (Fsp3) is 0.361. The third-order valence-electron chi connectivity index (χ3n) is 9.19. The molecule has 14 heteroatoms. The van der Waals surface area contributed by atoms with E-state index in [1.165, 1.54) is 35.4 Å². The van der Waals surface area contributed by atoms with Gasteiger partial charge >= 0.3 is 6.18 Å². The highest BCUT2D eigenvalue weighted by atomic mass is 32.2. The lowest BCUT2D eigenvalue weighted by Crippen LogP contribution is -2.47. The van der Waals surface area contributed by atoms with Crippen LogP contribution in [0.2, 0.25) is 0 Å². The first-order chi connectivity index (χ1) is 23.9. The Morgan fingerprint density at radius 3 is 2.24 bits per heavy atom. The van der Waals surface area contributed by atoms with Crippen molar-refractivity contribution in [2.75, 3.05) is 37.6 Å². The summed E-state index contributed by atoms with van der Waals surface area (Å²) in [6, 6.07) is 18.2. The van der Waals surface area contributed by atoms with Crippen LogP contribution in [-0.2, 0) is 40.5 Å². The van der Waals surface area contributed by atoms with E-state index >= 15 is 0 Å². The first-order valence-corrected chi connectivity index (χ1v) is 18.0. The molecule has 0 saturated carbocycles. The minimum atomic E-state index is -4.49. The monoisotopic (exact) mass is 710 g/mol. The summed E-state index contributed by atoms with van der Waals surface area (Å²) in [5.74, 6) is -0.689. The maximum absolute atomic E-state index is 13.5. The number of hydrogen-bond donors (Lipinski definition) is 1. The summed E-state index contributed by atoms with van der Waals surface area (Å²) >= 11 is 0. The Bertz CT molecular complexity index is 1920. The molecule has 0 bridgehead atoms. The van der Waals surface area contributed by atoms with Crippen LogP contribution in [0, 0.1) is 5.82 Å². The number of hydrogen-bond acceptors (Lipinski definition) is 7. The average molecular weight is 711 g/mol. The van der Waals surface area contributed by atoms with Crippen molar-refractivity contribution in [3.05, 3.63) is 107 Å². The van der Waals surface area contributed by atoms with Crippen LogP contribution in [0.1, 0.15) is 42.1 Å². The van der Waals surface area contributed by atoms with Crippen LogP contribution in [0.25, 0.3) is 11.3 Å². The number of halogens is 4. The summed E-state index contributed by atoms with van der Waals surface area (Å²) in [6.45, 7) is 5.77. The van der Waals surface area contributed by atoms with E-state index in [1.807, 2.05) is 17.0 Å². The Morgan fingerprint density at radius 2 is 1.58 bits per heavy atom. The SMILES string of the molecule is CCc1ccccc1CN1CCN(c2nc(CNC(=O)[C@@H]3CCCN3S(=O)(=O)c3ccc(F)cc3)cc(-c3ccc(C(F)(F)F)cc3)n2)CC1. The second-order valence-electron chi connectivity index (χ2n) is 12.5. The van der Waals surface area contributed by atoms with Gasteiger partial charge in [-0.3, -0.25) is 9.69 Å². The molecule has 3 aromatic carbocycles. The Labute approximate surface area is 289 Å². The lowest BCUT2D eigenvalue weighted by atomic mass is 10.0. The number of rotatable bonds is 10. The average Bonchev–Trinajstić information content (AvgIpc) is 3.63. The Kier molecular flexibility index (Phi) is 10.5. The van der Waals surface area contributed by atoms with Crippen molar-refractivity contribution in [2.45, 2.75) is 56.4 Å². The standard InChI is InChI=1S/C36H38F4N6O3S/c1-2-25-6-3-4-7-27(25)24-44-18-20-45(21-19-44)35-42-30(22-32(43-35)26-9-11-28(12-10-26)36(38,39)40)23-41-34(47)33-8-5-17-46(33)50(48,49)31-15-13-29(37)14-16-31/h3-4,6-7,9-16,22,33H,2,5,8,17-21,23-24H2,1H3,(H,41,47)/t33-/m0/s1. The molecule has 6 rings (SSSR count). The van der Waals surface area contributed by atoms with Crippen molar-refractivity contribution < 1.29 is 30.8 Å². The molecule has 1 amide bonds. The Morgan fingerprint density at radius 1 is 0.900 bits per heavy atom. The zero-order chi connectivity index (χ0) is 35.5. The van der Waals surface area contributed by atoms with E-state index in [0.717, 1.165) is 54.6 Å². The maximum atomic E-state index is 13.5. The number of aryl methyl sites for hydroxylation is 1. The molecule has 2 fully saturated rings. The van der Waals surface area contributed by atoms with E-state index in [-0.39, 0.29) is 18.0 Å². The molecule has 50 heavy (non-hydrogen) atoms. The van der Waals surface area contributed by atoms with E-state index < -0.39 is 39.5 Å². The highest BCUT2D eigenvalue weighted by Crippen LogP contribution is 2.32. The number of anilines is 1. The molecule has 0 aliphatic carbocycles. The van der Waals surface area contributed by atoms with Crippen LogP contribution in [-0.4, -0.2) is 72.3 Å². The van der Waals surface area contributed by atoms with Crippen LogP contribution in [0.5, 0.6) is 0 Å². The van der Waals surface area contributed by atoms with E-state index in [4.69, 9.17) is 9.97 Å². The molecule has 2 aliphatic heterocycles. The molecular formula is C36H38F4N6O3S. The van der Waals surface area contributed by atoms with Crippen molar-refractivity contribution in [2.24, 2.45) is 0 Å². The number of amides is 1. The van der Waals surface area contributed by atoms with Gasteiger partial charge < -0.3 is 10.2 Å². The minimum Gasteiger partial charge on any atom is -0.349 e. The molecule has 0 spiro atoms. The summed E-state index contributed by atoms with van der Waals surface area (Å²) < 4.78 is 81.1. The van der Waals surface area contributed by atoms with Crippen LogP contribution >= 0.6 is 0 Å². The van der Waals surface area contributed by atoms with Gasteiger partial charge in [-0.25, -0.2) is 22.8 Å². The first kappa shape index (κ1) is 35.4. The second-order valence-corrected chi connectivity index (χ2v) is 14.3. The molecular weight excluding hydrogens is 672 g/mol. The predicted molar refractivity (Wildman–Crippen MR) is 181 cm³/mol. The molecule has 1 aromatic heterocycles. The van der Waals surface area contributed by atoms with E-state index in [2.05, 4.69) is 29.3 Å². The highest BCUT2D eigenvalue weighted by molar-refractivity contribution is 7.89. The predicted octanol–water partition coefficient (Wildman–Crippen LogP) is 5.66. The zero-order valence-electron chi connectivity index (χ0n) is 27.5. The van der Waals surface area contributed by atoms with E-state index in [9.17, 15) is 30.8 Å². The van der Waals surface area contributed by atoms with Gasteiger partial charge in [0, 0.05) is 44.8 Å². The molecule has 264 valence electrons. The van der Waals surface area contributed by atoms with Crippen LogP contribution in [0.3, 0.4) is 0 Å². The summed E-state index contributed by atoms with van der Waals surface area (Å²) in [5, 5.41) is 2.82. The van der Waals surface area contributed by atoms with Crippen molar-refractivity contribution in [1.29, 1.82) is 0 Å². The normalized spacial score (nSPS) is 17.6. The molecule has 3 heterocycles. The number of carbonyl (C=O) groups excluding carboxylic acids is 1. The third-order valence-corrected chi connectivity index (χ3v) is 11.1. The molecule has 1 N–H and O–H groups in total. The molecule has 9 nitrogen and oxygen atoms in total. The number of alkyl halides is 3. The molecule has 0 unspecified atom stereocenters. The fourth-order valence-electron chi connectivity index (χ4n) is 6.42. The lowest BCUT2D eigenvalue weighted by Gasteiger charge is -2.35. The zero-order valence-corrected chi connectivity index (χ0v) is 28.4. The fourth-order valence-corrected chi connectivity index (χ4v) is 8.08. The largest absolute Gasteiger partial charge is 0.416 e. The van der Waals surface area contributed by atoms with Crippen molar-refractivity contribution in [1.82, 2.24) is 24.5 Å². The van der Waals surface area contributed by atoms with Crippen molar-refractivity contribution >= 4 is 21.9 Å². The summed E-state index contributed by atoms with van der Waals surface area (Å²) in [4.78, 5) is 27.2. The van der Waals surface area contributed by atoms with Crippen LogP contribution < -0.4 is 10.2 Å². The molecule has 1 atom stereocenters. The number of nitrogens with one attached hydrogen (secondary N) is 1. The van der Waals surface area contributed by atoms with Gasteiger partial charge in [0.2, 0.25) is 21.9 Å². The maximum Gasteiger partial charge on any atom is 0.416 e. The number of benzene rings is 3. The van der Waals surface area contributed by atoms with Gasteiger partial charge in [0.05, 0.1) is 28.4 Å². The van der Waals surface area contributed by atoms with Crippen molar-refractivity contribution in [3.63, 3.8) is 0 Å². The summed E-state index contributed by atoms with van der Waals surface area (Å²) in [7, 11) is -4.05. The van der Waals surface area contributed by atoms with Gasteiger partial charge in [0.15, 0.2) is 0 Å². The number of carbonyl (C=O) groups is 1. The van der Waals surface area contributed by atoms with E-state index in [1.54, 1.807) is 6.07 Å². The van der Waals surface area contributed by atoms with Crippen LogP contribution in [0.15, 0.2) is 83.8 Å². The van der Waals surface area contributed by atoms with Gasteiger partial charge in [-0.05, 0) is 72.9 Å². The summed E-state index contributed by atoms with van der Waals surface area (Å²) in [6.07, 6.45) is -2.75. The number of piperazine rings is 1. The van der Waals surface area contributed by atoms with Crippen molar-refractivity contribution in [3.8, 4) is 11.3 Å². The van der Waals surface area contributed by atoms with Gasteiger partial charge in [-0.2, -0.15) is 17.5 Å². The second kappa shape index (κ2) is 14.8. The highest BCUT2D eigenvalue weighted by Gasteiger charge is 2.39. The minimum absolute atomic E-state index is 0.0588. The quantitative estimate of drug-likeness (QED) is 0.213. The van der Waals surface area contributed by atoms with E-state index in [0.29, 0.717) is 48.8 Å². The van der Waals surface area contributed by atoms with Gasteiger partial charge in [0.1, 0.15) is 11.9 Å². The van der Waals surface area contributed by atoms with Gasteiger partial charge in [0.25, 0.3) is 0 Å². The Balaban J connectivity index is 1.20. The molecule has 0 radical (unpaired) electrons. The van der Waals surface area contributed by atoms with Gasteiger partial charge in [-0.1, -0.05) is 43.3 Å². The van der Waals surface area contributed by atoms with Gasteiger partial charge in [-0.15, -0.1) is 0 Å². The van der Waals surface area contributed by atoms with Crippen LogP contribution in [0.4, 0.5) is 23.5 Å². The first-order valence-electron chi connectivity index (χ1n) is 16.6. The lowest BCUT2D eigenvalue weighted by molar-refractivity contribution is -0.137. The molecule has 2 saturated heterocycles. The Hall–Kier alpha value is -4.40. The smallest absolute Gasteiger partial charge is 0.349 e. The summed E-state index contributed by atoms with van der Waals surface area (Å²) in [5.41, 5.74) is 3.09. The number of nitrogens with zero attached hydrogens (tertiary/aromatic N) is 5. The number of aromatic nitrogens is 2. The molecule has 2 aliphatic rings. The topological polar surface area (TPSA) is 98.7 Å².